The highest BCUT2D eigenvalue weighted by Crippen LogP contribution is 2.25. The van der Waals surface area contributed by atoms with Crippen LogP contribution in [-0.2, 0) is 4.74 Å². The molecule has 7 heteroatoms. The summed E-state index contributed by atoms with van der Waals surface area (Å²) < 4.78 is 5.82. The molecule has 3 aromatic rings. The number of morpholine rings is 1. The highest BCUT2D eigenvalue weighted by atomic mass is 16.5. The van der Waals surface area contributed by atoms with Crippen molar-refractivity contribution in [1.82, 2.24) is 20.1 Å². The van der Waals surface area contributed by atoms with Crippen LogP contribution in [0.15, 0.2) is 36.4 Å². The number of anilines is 1. The van der Waals surface area contributed by atoms with E-state index in [0.29, 0.717) is 31.1 Å². The first-order valence-electron chi connectivity index (χ1n) is 8.20. The van der Waals surface area contributed by atoms with Crippen molar-refractivity contribution in [3.8, 4) is 0 Å². The SMILES string of the molecule is Cc1cc(N)cc(C2CN(C(=O)c3n[nH]c4ccccc34)CCO2)n1. The molecule has 0 aliphatic carbocycles. The first-order valence-corrected chi connectivity index (χ1v) is 8.20. The second kappa shape index (κ2) is 6.18. The summed E-state index contributed by atoms with van der Waals surface area (Å²) in [6, 6.07) is 11.2. The Hall–Kier alpha value is -2.93. The molecule has 128 valence electrons. The number of fused-ring (bicyclic) bond motifs is 1. The van der Waals surface area contributed by atoms with E-state index in [1.54, 1.807) is 11.0 Å². The number of aromatic nitrogens is 3. The third-order valence-corrected chi connectivity index (χ3v) is 4.35. The third-order valence-electron chi connectivity index (χ3n) is 4.35. The maximum atomic E-state index is 12.9. The van der Waals surface area contributed by atoms with Crippen LogP contribution >= 0.6 is 0 Å². The quantitative estimate of drug-likeness (QED) is 0.746. The largest absolute Gasteiger partial charge is 0.399 e. The molecule has 0 radical (unpaired) electrons. The highest BCUT2D eigenvalue weighted by molar-refractivity contribution is 6.04. The van der Waals surface area contributed by atoms with Crippen molar-refractivity contribution in [2.24, 2.45) is 0 Å². The number of amides is 1. The molecule has 1 aliphatic heterocycles. The number of carbonyl (C=O) groups is 1. The molecule has 2 aromatic heterocycles. The van der Waals surface area contributed by atoms with Crippen LogP contribution in [0.4, 0.5) is 5.69 Å². The molecule has 0 bridgehead atoms. The van der Waals surface area contributed by atoms with E-state index in [0.717, 1.165) is 22.3 Å². The minimum atomic E-state index is -0.287. The van der Waals surface area contributed by atoms with Crippen molar-refractivity contribution >= 4 is 22.5 Å². The summed E-state index contributed by atoms with van der Waals surface area (Å²) >= 11 is 0. The van der Waals surface area contributed by atoms with Crippen LogP contribution in [0, 0.1) is 6.92 Å². The van der Waals surface area contributed by atoms with Crippen molar-refractivity contribution < 1.29 is 9.53 Å². The Morgan fingerprint density at radius 3 is 3.04 bits per heavy atom. The van der Waals surface area contributed by atoms with Crippen molar-refractivity contribution in [2.45, 2.75) is 13.0 Å². The standard InChI is InChI=1S/C18H19N5O2/c1-11-8-12(19)9-15(20-11)16-10-23(6-7-25-16)18(24)17-13-4-2-3-5-14(13)21-22-17/h2-5,8-9,16H,6-7,10H2,1H3,(H2,19,20)(H,21,22). The maximum Gasteiger partial charge on any atom is 0.275 e. The number of aryl methyl sites for hydroxylation is 1. The Bertz CT molecular complexity index is 916. The summed E-state index contributed by atoms with van der Waals surface area (Å²) in [7, 11) is 0. The van der Waals surface area contributed by atoms with Crippen LogP contribution in [0.1, 0.15) is 28.0 Å². The number of hydrogen-bond donors (Lipinski definition) is 2. The minimum absolute atomic E-state index is 0.105. The van der Waals surface area contributed by atoms with Gasteiger partial charge in [-0.05, 0) is 25.1 Å². The fraction of sp³-hybridized carbons (Fsp3) is 0.278. The van der Waals surface area contributed by atoms with Crippen molar-refractivity contribution in [1.29, 1.82) is 0 Å². The van der Waals surface area contributed by atoms with E-state index in [1.807, 2.05) is 37.3 Å². The van der Waals surface area contributed by atoms with Gasteiger partial charge in [0.05, 0.1) is 24.4 Å². The van der Waals surface area contributed by atoms with Gasteiger partial charge >= 0.3 is 0 Å². The molecule has 1 aromatic carbocycles. The zero-order chi connectivity index (χ0) is 17.4. The highest BCUT2D eigenvalue weighted by Gasteiger charge is 2.29. The van der Waals surface area contributed by atoms with Gasteiger partial charge in [0.15, 0.2) is 5.69 Å². The second-order valence-corrected chi connectivity index (χ2v) is 6.20. The number of carbonyl (C=O) groups excluding carboxylic acids is 1. The number of aromatic amines is 1. The summed E-state index contributed by atoms with van der Waals surface area (Å²) in [6.07, 6.45) is -0.287. The zero-order valence-corrected chi connectivity index (χ0v) is 13.9. The summed E-state index contributed by atoms with van der Waals surface area (Å²) in [6.45, 7) is 3.30. The van der Waals surface area contributed by atoms with Gasteiger partial charge in [-0.3, -0.25) is 14.9 Å². The topological polar surface area (TPSA) is 97.1 Å². The minimum Gasteiger partial charge on any atom is -0.399 e. The molecule has 1 aliphatic rings. The predicted molar refractivity (Wildman–Crippen MR) is 94.1 cm³/mol. The molecular formula is C18H19N5O2. The van der Waals surface area contributed by atoms with Crippen LogP contribution < -0.4 is 5.73 Å². The molecule has 7 nitrogen and oxygen atoms in total. The first-order chi connectivity index (χ1) is 12.1. The lowest BCUT2D eigenvalue weighted by Gasteiger charge is -2.32. The van der Waals surface area contributed by atoms with E-state index >= 15 is 0 Å². The van der Waals surface area contributed by atoms with Crippen molar-refractivity contribution in [2.75, 3.05) is 25.4 Å². The maximum absolute atomic E-state index is 12.9. The number of ether oxygens (including phenoxy) is 1. The van der Waals surface area contributed by atoms with Crippen LogP contribution in [0.5, 0.6) is 0 Å². The van der Waals surface area contributed by atoms with Gasteiger partial charge in [-0.15, -0.1) is 0 Å². The van der Waals surface area contributed by atoms with Gasteiger partial charge in [-0.2, -0.15) is 5.10 Å². The molecule has 1 atom stereocenters. The van der Waals surface area contributed by atoms with E-state index in [4.69, 9.17) is 10.5 Å². The number of para-hydroxylation sites is 1. The number of rotatable bonds is 2. The Kier molecular flexibility index (Phi) is 3.85. The lowest BCUT2D eigenvalue weighted by atomic mass is 10.1. The number of pyridine rings is 1. The Labute approximate surface area is 144 Å². The van der Waals surface area contributed by atoms with Gasteiger partial charge in [-0.25, -0.2) is 0 Å². The van der Waals surface area contributed by atoms with E-state index in [1.165, 1.54) is 0 Å². The van der Waals surface area contributed by atoms with Gasteiger partial charge in [0, 0.05) is 23.3 Å². The molecular weight excluding hydrogens is 318 g/mol. The normalized spacial score (nSPS) is 17.8. The fourth-order valence-electron chi connectivity index (χ4n) is 3.18. The molecule has 4 rings (SSSR count). The average Bonchev–Trinajstić information content (AvgIpc) is 3.04. The first kappa shape index (κ1) is 15.6. The molecule has 0 spiro atoms. The van der Waals surface area contributed by atoms with Gasteiger partial charge in [0.2, 0.25) is 0 Å². The number of benzene rings is 1. The number of nitrogens with two attached hydrogens (primary N) is 1. The van der Waals surface area contributed by atoms with Crippen LogP contribution in [-0.4, -0.2) is 45.7 Å². The third kappa shape index (κ3) is 2.94. The summed E-state index contributed by atoms with van der Waals surface area (Å²) in [4.78, 5) is 19.2. The second-order valence-electron chi connectivity index (χ2n) is 6.20. The molecule has 25 heavy (non-hydrogen) atoms. The Balaban J connectivity index is 1.59. The molecule has 1 saturated heterocycles. The van der Waals surface area contributed by atoms with E-state index in [-0.39, 0.29) is 12.0 Å². The Morgan fingerprint density at radius 2 is 2.20 bits per heavy atom. The van der Waals surface area contributed by atoms with Crippen molar-refractivity contribution in [3.63, 3.8) is 0 Å². The average molecular weight is 337 g/mol. The molecule has 3 heterocycles. The van der Waals surface area contributed by atoms with Gasteiger partial charge < -0.3 is 15.4 Å². The zero-order valence-electron chi connectivity index (χ0n) is 13.9. The van der Waals surface area contributed by atoms with E-state index in [2.05, 4.69) is 15.2 Å². The van der Waals surface area contributed by atoms with Gasteiger partial charge in [0.1, 0.15) is 6.10 Å². The van der Waals surface area contributed by atoms with Gasteiger partial charge in [-0.1, -0.05) is 18.2 Å². The molecule has 1 unspecified atom stereocenters. The van der Waals surface area contributed by atoms with Gasteiger partial charge in [0.25, 0.3) is 5.91 Å². The lowest BCUT2D eigenvalue weighted by molar-refractivity contribution is -0.0248. The summed E-state index contributed by atoms with van der Waals surface area (Å²) in [5.74, 6) is -0.105. The number of nitrogen functional groups attached to an aromatic ring is 1. The number of nitrogens with one attached hydrogen (secondary N) is 1. The van der Waals surface area contributed by atoms with Crippen molar-refractivity contribution in [3.05, 3.63) is 53.5 Å². The van der Waals surface area contributed by atoms with E-state index < -0.39 is 0 Å². The number of H-pyrrole nitrogens is 1. The molecule has 1 amide bonds. The predicted octanol–water partition coefficient (Wildman–Crippen LogP) is 2.06. The molecule has 1 fully saturated rings. The summed E-state index contributed by atoms with van der Waals surface area (Å²) in [5, 5.41) is 7.94. The fourth-order valence-corrected chi connectivity index (χ4v) is 3.18. The number of hydrogen-bond acceptors (Lipinski definition) is 5. The van der Waals surface area contributed by atoms with Crippen LogP contribution in [0.25, 0.3) is 10.9 Å². The van der Waals surface area contributed by atoms with Crippen LogP contribution in [0.3, 0.4) is 0 Å². The molecule has 0 saturated carbocycles. The Morgan fingerprint density at radius 1 is 1.36 bits per heavy atom. The monoisotopic (exact) mass is 337 g/mol. The summed E-state index contributed by atoms with van der Waals surface area (Å²) in [5.41, 5.74) is 9.43. The number of nitrogens with zero attached hydrogens (tertiary/aromatic N) is 3. The lowest BCUT2D eigenvalue weighted by Crippen LogP contribution is -2.42. The molecule has 3 N–H and O–H groups in total. The van der Waals surface area contributed by atoms with Crippen LogP contribution in [0.2, 0.25) is 0 Å². The van der Waals surface area contributed by atoms with E-state index in [9.17, 15) is 4.79 Å². The smallest absolute Gasteiger partial charge is 0.275 e.